The van der Waals surface area contributed by atoms with Crippen LogP contribution in [-0.2, 0) is 80.5 Å². The van der Waals surface area contributed by atoms with E-state index in [1.54, 1.807) is 0 Å². The number of unbranched alkanes of at least 4 members (excludes halogenated alkanes) is 13. The van der Waals surface area contributed by atoms with E-state index in [9.17, 15) is 0 Å². The second kappa shape index (κ2) is 66.3. The molecule has 18 heteroatoms. The summed E-state index contributed by atoms with van der Waals surface area (Å²) in [6, 6.07) is 0. The van der Waals surface area contributed by atoms with Crippen molar-refractivity contribution in [1.82, 2.24) is 0 Å². The lowest BCUT2D eigenvalue weighted by molar-refractivity contribution is -0.0308. The number of aliphatic hydroxyl groups is 1. The standard InChI is InChI=1S/C50H102O18/c1-2-3-4-5-6-7-8-9-10-11-12-13-14-15-17-52-19-21-54-23-25-56-27-29-58-31-33-60-35-37-62-39-41-64-43-45-66-47-49-68-50-48-67-46-44-65-42-40-63-38-36-61-34-32-59-30-28-57-26-24-55-22-20-53-18-16-51/h51H,2-50H2,1H3. The minimum Gasteiger partial charge on any atom is -0.394 e. The van der Waals surface area contributed by atoms with Crippen LogP contribution >= 0.6 is 0 Å². The van der Waals surface area contributed by atoms with Crippen molar-refractivity contribution >= 4 is 0 Å². The number of ether oxygens (including phenoxy) is 17. The van der Waals surface area contributed by atoms with Crippen LogP contribution in [0.5, 0.6) is 0 Å². The van der Waals surface area contributed by atoms with Gasteiger partial charge in [0, 0.05) is 6.61 Å². The first-order chi connectivity index (χ1) is 33.9. The highest BCUT2D eigenvalue weighted by Gasteiger charge is 2.00. The molecule has 0 fully saturated rings. The summed E-state index contributed by atoms with van der Waals surface area (Å²) in [4.78, 5) is 0. The van der Waals surface area contributed by atoms with Crippen molar-refractivity contribution < 1.29 is 85.6 Å². The smallest absolute Gasteiger partial charge is 0.0701 e. The third-order valence-electron chi connectivity index (χ3n) is 9.83. The first kappa shape index (κ1) is 67.3. The maximum atomic E-state index is 8.61. The molecule has 0 aromatic rings. The normalized spacial score (nSPS) is 11.7. The fraction of sp³-hybridized carbons (Fsp3) is 1.00. The Balaban J connectivity index is 3.07. The molecule has 0 aromatic carbocycles. The van der Waals surface area contributed by atoms with E-state index in [0.717, 1.165) is 13.0 Å². The first-order valence-electron chi connectivity index (χ1n) is 26.3. The van der Waals surface area contributed by atoms with E-state index in [4.69, 9.17) is 85.6 Å². The second-order valence-corrected chi connectivity index (χ2v) is 15.7. The Bertz CT molecular complexity index is 789. The summed E-state index contributed by atoms with van der Waals surface area (Å²) in [6.45, 7) is 19.9. The number of hydrogen-bond donors (Lipinski definition) is 1. The minimum absolute atomic E-state index is 0.0220. The van der Waals surface area contributed by atoms with Gasteiger partial charge in [0.2, 0.25) is 0 Å². The third-order valence-corrected chi connectivity index (χ3v) is 9.83. The van der Waals surface area contributed by atoms with Crippen molar-refractivity contribution in [1.29, 1.82) is 0 Å². The van der Waals surface area contributed by atoms with Crippen molar-refractivity contribution in [2.24, 2.45) is 0 Å². The van der Waals surface area contributed by atoms with Gasteiger partial charge in [-0.1, -0.05) is 90.4 Å². The molecule has 0 saturated heterocycles. The number of rotatable bonds is 65. The monoisotopic (exact) mass is 991 g/mol. The van der Waals surface area contributed by atoms with Crippen LogP contribution in [0, 0.1) is 0 Å². The Morgan fingerprint density at radius 3 is 0.456 bits per heavy atom. The van der Waals surface area contributed by atoms with Crippen molar-refractivity contribution in [2.45, 2.75) is 96.8 Å². The molecule has 0 amide bonds. The average molecular weight is 991 g/mol. The minimum atomic E-state index is 0.0220. The topological polar surface area (TPSA) is 177 Å². The van der Waals surface area contributed by atoms with E-state index in [0.29, 0.717) is 218 Å². The average Bonchev–Trinajstić information content (AvgIpc) is 3.35. The summed E-state index contributed by atoms with van der Waals surface area (Å²) in [6.07, 6.45) is 19.2. The molecule has 410 valence electrons. The van der Waals surface area contributed by atoms with E-state index in [2.05, 4.69) is 6.92 Å². The lowest BCUT2D eigenvalue weighted by Gasteiger charge is -2.09. The van der Waals surface area contributed by atoms with E-state index >= 15 is 0 Å². The second-order valence-electron chi connectivity index (χ2n) is 15.7. The van der Waals surface area contributed by atoms with Crippen LogP contribution in [-0.4, -0.2) is 236 Å². The highest BCUT2D eigenvalue weighted by atomic mass is 16.6. The Kier molecular flexibility index (Phi) is 65.6. The molecule has 0 atom stereocenters. The molecular formula is C50H102O18. The van der Waals surface area contributed by atoms with Gasteiger partial charge in [-0.2, -0.15) is 0 Å². The zero-order valence-corrected chi connectivity index (χ0v) is 43.0. The van der Waals surface area contributed by atoms with Gasteiger partial charge in [-0.05, 0) is 6.42 Å². The lowest BCUT2D eigenvalue weighted by Crippen LogP contribution is -2.16. The highest BCUT2D eigenvalue weighted by Crippen LogP contribution is 2.13. The maximum absolute atomic E-state index is 8.61. The highest BCUT2D eigenvalue weighted by molar-refractivity contribution is 4.50. The summed E-state index contributed by atoms with van der Waals surface area (Å²) >= 11 is 0. The molecule has 0 heterocycles. The van der Waals surface area contributed by atoms with Gasteiger partial charge in [-0.25, -0.2) is 0 Å². The fourth-order valence-corrected chi connectivity index (χ4v) is 6.08. The third kappa shape index (κ3) is 65.3. The summed E-state index contributed by atoms with van der Waals surface area (Å²) < 4.78 is 93.3. The van der Waals surface area contributed by atoms with Gasteiger partial charge in [-0.3, -0.25) is 0 Å². The SMILES string of the molecule is CCCCCCCCCCCCCCCCOCCOCCOCCOCCOCCOCCOCCOCCOCCOCCOCCOCCOCCOCCOCCOCCOCCO. The molecule has 0 aliphatic heterocycles. The molecule has 0 aromatic heterocycles. The van der Waals surface area contributed by atoms with Crippen LogP contribution < -0.4 is 0 Å². The van der Waals surface area contributed by atoms with E-state index < -0.39 is 0 Å². The van der Waals surface area contributed by atoms with E-state index in [1.807, 2.05) is 0 Å². The lowest BCUT2D eigenvalue weighted by atomic mass is 10.0. The quantitative estimate of drug-likeness (QED) is 0.0729. The van der Waals surface area contributed by atoms with Crippen LogP contribution in [0.2, 0.25) is 0 Å². The Morgan fingerprint density at radius 2 is 0.294 bits per heavy atom. The molecule has 0 rings (SSSR count). The summed E-state index contributed by atoms with van der Waals surface area (Å²) in [5, 5.41) is 8.61. The zero-order chi connectivity index (χ0) is 48.7. The molecule has 0 spiro atoms. The van der Waals surface area contributed by atoms with Crippen LogP contribution in [0.15, 0.2) is 0 Å². The molecule has 0 radical (unpaired) electrons. The van der Waals surface area contributed by atoms with Gasteiger partial charge >= 0.3 is 0 Å². The Labute approximate surface area is 412 Å². The van der Waals surface area contributed by atoms with Crippen LogP contribution in [0.4, 0.5) is 0 Å². The zero-order valence-electron chi connectivity index (χ0n) is 43.0. The van der Waals surface area contributed by atoms with Crippen molar-refractivity contribution in [3.63, 3.8) is 0 Å². The summed E-state index contributed by atoms with van der Waals surface area (Å²) in [5.41, 5.74) is 0. The van der Waals surface area contributed by atoms with Gasteiger partial charge in [0.1, 0.15) is 0 Å². The van der Waals surface area contributed by atoms with Crippen molar-refractivity contribution in [3.8, 4) is 0 Å². The summed E-state index contributed by atoms with van der Waals surface area (Å²) in [5.74, 6) is 0. The van der Waals surface area contributed by atoms with Crippen LogP contribution in [0.25, 0.3) is 0 Å². The molecule has 68 heavy (non-hydrogen) atoms. The molecule has 0 bridgehead atoms. The van der Waals surface area contributed by atoms with Crippen LogP contribution in [0.3, 0.4) is 0 Å². The molecule has 1 N–H and O–H groups in total. The van der Waals surface area contributed by atoms with Crippen molar-refractivity contribution in [3.05, 3.63) is 0 Å². The Morgan fingerprint density at radius 1 is 0.162 bits per heavy atom. The van der Waals surface area contributed by atoms with Crippen molar-refractivity contribution in [2.75, 3.05) is 231 Å². The molecular weight excluding hydrogens is 889 g/mol. The van der Waals surface area contributed by atoms with E-state index in [-0.39, 0.29) is 6.61 Å². The maximum Gasteiger partial charge on any atom is 0.0701 e. The number of aliphatic hydroxyl groups excluding tert-OH is 1. The molecule has 0 aliphatic rings. The summed E-state index contributed by atoms with van der Waals surface area (Å²) in [7, 11) is 0. The molecule has 0 aliphatic carbocycles. The molecule has 18 nitrogen and oxygen atoms in total. The van der Waals surface area contributed by atoms with Gasteiger partial charge in [0.25, 0.3) is 0 Å². The van der Waals surface area contributed by atoms with Gasteiger partial charge in [-0.15, -0.1) is 0 Å². The van der Waals surface area contributed by atoms with Crippen LogP contribution in [0.1, 0.15) is 96.8 Å². The van der Waals surface area contributed by atoms with Gasteiger partial charge in [0.15, 0.2) is 0 Å². The predicted octanol–water partition coefficient (Wildman–Crippen LogP) is 5.74. The predicted molar refractivity (Wildman–Crippen MR) is 261 cm³/mol. The Hall–Kier alpha value is -0.720. The largest absolute Gasteiger partial charge is 0.394 e. The molecule has 0 saturated carbocycles. The van der Waals surface area contributed by atoms with Gasteiger partial charge in [0.05, 0.1) is 225 Å². The first-order valence-corrected chi connectivity index (χ1v) is 26.3. The van der Waals surface area contributed by atoms with Gasteiger partial charge < -0.3 is 85.6 Å². The number of hydrogen-bond acceptors (Lipinski definition) is 18. The molecule has 0 unspecified atom stereocenters. The van der Waals surface area contributed by atoms with E-state index in [1.165, 1.54) is 83.5 Å². The fourth-order valence-electron chi connectivity index (χ4n) is 6.08.